The van der Waals surface area contributed by atoms with Crippen LogP contribution >= 0.6 is 141 Å². The van der Waals surface area contributed by atoms with Gasteiger partial charge in [-0.2, -0.15) is 0 Å². The number of allylic oxidation sites excluding steroid dienone is 2. The zero-order valence-corrected chi connectivity index (χ0v) is 63.8. The maximum atomic E-state index is 13.1. The summed E-state index contributed by atoms with van der Waals surface area (Å²) in [6.45, 7) is 9.23. The molecule has 2 nitrogen and oxygen atoms in total. The average Bonchev–Trinajstić information content (AvgIpc) is 3.74. The highest BCUT2D eigenvalue weighted by molar-refractivity contribution is 8.43. The number of benzene rings is 1. The molecule has 0 saturated heterocycles. The Morgan fingerprint density at radius 1 is 0.337 bits per heavy atom. The second kappa shape index (κ2) is 52.1. The monoisotopic (exact) mass is 1390 g/mol. The Morgan fingerprint density at radius 3 is 0.849 bits per heavy atom. The van der Waals surface area contributed by atoms with Crippen LogP contribution in [0.25, 0.3) is 12.2 Å². The third-order valence-electron chi connectivity index (χ3n) is 15.6. The maximum absolute atomic E-state index is 13.1. The first-order valence-electron chi connectivity index (χ1n) is 34.3. The van der Waals surface area contributed by atoms with Crippen molar-refractivity contribution < 1.29 is 9.53 Å². The van der Waals surface area contributed by atoms with Gasteiger partial charge in [-0.05, 0) is 101 Å². The van der Waals surface area contributed by atoms with Crippen LogP contribution in [0.3, 0.4) is 0 Å². The van der Waals surface area contributed by atoms with Gasteiger partial charge >= 0.3 is 5.97 Å². The number of ether oxygens (including phenoxy) is 1. The van der Waals surface area contributed by atoms with Crippen molar-refractivity contribution >= 4 is 159 Å². The van der Waals surface area contributed by atoms with Crippen molar-refractivity contribution in [2.75, 3.05) is 30.1 Å². The van der Waals surface area contributed by atoms with E-state index in [0.29, 0.717) is 5.56 Å². The molecule has 0 bridgehead atoms. The molecule has 1 aromatic carbocycles. The van der Waals surface area contributed by atoms with Crippen LogP contribution in [0, 0.1) is 0 Å². The Hall–Kier alpha value is 0.810. The summed E-state index contributed by atoms with van der Waals surface area (Å²) in [5, 5.41) is 4.62. The Bertz CT molecular complexity index is 2070. The molecular weight excluding hydrogens is 1280 g/mol. The Balaban J connectivity index is 1.13. The van der Waals surface area contributed by atoms with E-state index in [4.69, 9.17) is 4.74 Å². The molecule has 4 aliphatic heterocycles. The number of methoxy groups -OCH3 is 1. The predicted molar refractivity (Wildman–Crippen MR) is 418 cm³/mol. The van der Waals surface area contributed by atoms with Crippen LogP contribution in [0.1, 0.15) is 306 Å². The van der Waals surface area contributed by atoms with E-state index in [1.54, 1.807) is 16.9 Å². The Morgan fingerprint density at radius 2 is 0.593 bits per heavy atom. The molecule has 4 heterocycles. The molecule has 0 N–H and O–H groups in total. The molecule has 4 aliphatic rings. The van der Waals surface area contributed by atoms with Crippen LogP contribution in [0.4, 0.5) is 0 Å². The Labute approximate surface area is 579 Å². The molecule has 0 aromatic heterocycles. The van der Waals surface area contributed by atoms with E-state index in [9.17, 15) is 4.79 Å². The number of carbonyl (C=O) groups is 1. The normalized spacial score (nSPS) is 15.6. The molecule has 0 atom stereocenters. The molecule has 5 rings (SSSR count). The first-order valence-corrected chi connectivity index (χ1v) is 44.9. The summed E-state index contributed by atoms with van der Waals surface area (Å²) < 4.78 is 17.1. The molecule has 0 fully saturated rings. The van der Waals surface area contributed by atoms with Crippen LogP contribution in [0.5, 0.6) is 0 Å². The topological polar surface area (TPSA) is 26.3 Å². The lowest BCUT2D eigenvalue weighted by atomic mass is 10.0. The molecule has 0 unspecified atom stereocenters. The van der Waals surface area contributed by atoms with E-state index in [0.717, 1.165) is 11.1 Å². The van der Waals surface area contributed by atoms with Gasteiger partial charge in [-0.3, -0.25) is 0 Å². The van der Waals surface area contributed by atoms with Crippen LogP contribution in [-0.2, 0) is 4.74 Å². The van der Waals surface area contributed by atoms with Gasteiger partial charge in [0.25, 0.3) is 0 Å². The van der Waals surface area contributed by atoms with E-state index in [2.05, 4.69) is 116 Å². The quantitative estimate of drug-likeness (QED) is 0.0458. The van der Waals surface area contributed by atoms with Gasteiger partial charge in [0.1, 0.15) is 0 Å². The number of hydrogen-bond donors (Lipinski definition) is 0. The molecule has 14 heteroatoms. The first-order chi connectivity index (χ1) is 42.4. The van der Waals surface area contributed by atoms with Crippen LogP contribution in [0.2, 0.25) is 0 Å². The molecular formula is C72H112O2S12. The highest BCUT2D eigenvalue weighted by atomic mass is 32.3. The van der Waals surface area contributed by atoms with Gasteiger partial charge in [-0.25, -0.2) is 4.79 Å². The second-order valence-electron chi connectivity index (χ2n) is 23.4. The fraction of sp³-hybridized carbons (Fsp3) is 0.681. The second-order valence-corrected chi connectivity index (χ2v) is 37.9. The van der Waals surface area contributed by atoms with Crippen molar-refractivity contribution in [3.63, 3.8) is 0 Å². The summed E-state index contributed by atoms with van der Waals surface area (Å²) >= 11 is 24.2. The largest absolute Gasteiger partial charge is 0.465 e. The summed E-state index contributed by atoms with van der Waals surface area (Å²) in [6, 6.07) is 6.14. The SMILES string of the molecule is CCCCCCCCCCCCSC1=C(SCCCCCCCCCCCC)SC(=C2SC=C(/C=C/c3cc(/C=C/C4=CSC(=C5SC(SCCCCCCCCCCCC)=C(SCCCCCCCCCCCC)S5)S4)cc(C(=O)OC)c3)S2)S1. The number of carbonyl (C=O) groups excluding carboxylic acids is 1. The highest BCUT2D eigenvalue weighted by Crippen LogP contribution is 2.64. The van der Waals surface area contributed by atoms with Gasteiger partial charge < -0.3 is 4.74 Å². The van der Waals surface area contributed by atoms with Crippen molar-refractivity contribution in [1.29, 1.82) is 0 Å². The predicted octanol–water partition coefficient (Wildman–Crippen LogP) is 30.2. The van der Waals surface area contributed by atoms with Crippen LogP contribution in [0.15, 0.2) is 84.9 Å². The lowest BCUT2D eigenvalue weighted by Gasteiger charge is -2.06. The van der Waals surface area contributed by atoms with Crippen molar-refractivity contribution in [2.45, 2.75) is 285 Å². The molecule has 0 amide bonds. The molecule has 1 aromatic rings. The van der Waals surface area contributed by atoms with Gasteiger partial charge in [0, 0.05) is 9.81 Å². The molecule has 0 saturated carbocycles. The zero-order valence-electron chi connectivity index (χ0n) is 54.0. The molecule has 86 heavy (non-hydrogen) atoms. The Kier molecular flexibility index (Phi) is 47.0. The minimum atomic E-state index is -0.304. The molecule has 0 aliphatic carbocycles. The zero-order chi connectivity index (χ0) is 60.8. The van der Waals surface area contributed by atoms with Gasteiger partial charge in [-0.1, -0.05) is 365 Å². The fourth-order valence-electron chi connectivity index (χ4n) is 10.4. The lowest BCUT2D eigenvalue weighted by molar-refractivity contribution is 0.0600. The van der Waals surface area contributed by atoms with E-state index in [-0.39, 0.29) is 5.97 Å². The van der Waals surface area contributed by atoms with Gasteiger partial charge in [0.05, 0.1) is 46.6 Å². The van der Waals surface area contributed by atoms with E-state index in [1.165, 1.54) is 314 Å². The maximum Gasteiger partial charge on any atom is 0.337 e. The first kappa shape index (κ1) is 77.5. The number of hydrogen-bond acceptors (Lipinski definition) is 14. The van der Waals surface area contributed by atoms with Crippen molar-refractivity contribution in [1.82, 2.24) is 0 Å². The van der Waals surface area contributed by atoms with E-state index >= 15 is 0 Å². The van der Waals surface area contributed by atoms with Crippen molar-refractivity contribution in [3.8, 4) is 0 Å². The van der Waals surface area contributed by atoms with Crippen molar-refractivity contribution in [2.24, 2.45) is 0 Å². The molecule has 0 radical (unpaired) electrons. The minimum Gasteiger partial charge on any atom is -0.465 e. The summed E-state index contributed by atoms with van der Waals surface area (Å²) in [5.41, 5.74) is 2.59. The number of rotatable bonds is 53. The fourth-order valence-corrected chi connectivity index (χ4v) is 27.3. The number of thioether (sulfide) groups is 12. The van der Waals surface area contributed by atoms with E-state index < -0.39 is 0 Å². The third kappa shape index (κ3) is 34.8. The van der Waals surface area contributed by atoms with Gasteiger partial charge in [0.15, 0.2) is 0 Å². The number of unbranched alkanes of at least 4 members (excludes halogenated alkanes) is 36. The summed E-state index contributed by atoms with van der Waals surface area (Å²) in [4.78, 5) is 15.6. The molecule has 484 valence electrons. The van der Waals surface area contributed by atoms with Gasteiger partial charge in [-0.15, -0.1) is 47.0 Å². The van der Waals surface area contributed by atoms with Crippen LogP contribution < -0.4 is 0 Å². The third-order valence-corrected chi connectivity index (χ3v) is 32.7. The highest BCUT2D eigenvalue weighted by Gasteiger charge is 2.29. The minimum absolute atomic E-state index is 0.304. The summed E-state index contributed by atoms with van der Waals surface area (Å²) in [6.07, 6.45) is 64.3. The van der Waals surface area contributed by atoms with Crippen LogP contribution in [-0.4, -0.2) is 36.1 Å². The summed E-state index contributed by atoms with van der Waals surface area (Å²) in [7, 11) is 1.48. The standard InChI is InChI=1S/C72H112O2S12/c1-6-10-14-18-22-26-30-34-38-42-50-75-65-66(76-51-43-39-35-31-27-23-19-15-11-7-2)84-71(83-65)69-79-57-62(81-69)48-46-59-54-60(56-61(55-59)64(73)74-5)47-49-63-58-80-70(82-63)72-85-67(77-52-44-40-36-32-28-24-20-16-12-8-3)68(86-72)78-53-45-41-37-33-29-25-21-17-13-9-4/h46-49,54-58H,6-45,50-53H2,1-5H3/b48-46+,49-47+. The van der Waals surface area contributed by atoms with E-state index in [1.807, 2.05) is 106 Å². The van der Waals surface area contributed by atoms with Crippen molar-refractivity contribution in [3.05, 3.63) is 102 Å². The smallest absolute Gasteiger partial charge is 0.337 e. The molecule has 0 spiro atoms. The lowest BCUT2D eigenvalue weighted by Crippen LogP contribution is -2.01. The van der Waals surface area contributed by atoms with Gasteiger partial charge in [0.2, 0.25) is 0 Å². The average molecular weight is 1390 g/mol. The summed E-state index contributed by atoms with van der Waals surface area (Å²) in [5.74, 6) is 4.59. The number of esters is 1.